The highest BCUT2D eigenvalue weighted by Gasteiger charge is 2.36. The van der Waals surface area contributed by atoms with Crippen molar-refractivity contribution in [3.05, 3.63) is 65.9 Å². The number of halogens is 3. The summed E-state index contributed by atoms with van der Waals surface area (Å²) < 4.78 is 79.7. The molecule has 13 nitrogen and oxygen atoms in total. The number of nitrogens with one attached hydrogen (secondary N) is 1. The van der Waals surface area contributed by atoms with E-state index in [9.17, 15) is 31.2 Å². The average molecular weight is 639 g/mol. The van der Waals surface area contributed by atoms with Gasteiger partial charge in [0.25, 0.3) is 16.3 Å². The van der Waals surface area contributed by atoms with Crippen LogP contribution in [0, 0.1) is 12.8 Å². The molecule has 44 heavy (non-hydrogen) atoms. The van der Waals surface area contributed by atoms with Crippen LogP contribution in [0.3, 0.4) is 0 Å². The van der Waals surface area contributed by atoms with Gasteiger partial charge in [-0.15, -0.1) is 0 Å². The summed E-state index contributed by atoms with van der Waals surface area (Å²) in [4.78, 5) is 30.1. The smallest absolute Gasteiger partial charge is 0.423 e. The Kier molecular flexibility index (Phi) is 8.24. The maximum absolute atomic E-state index is 13.5. The number of rotatable bonds is 9. The Morgan fingerprint density at radius 3 is 2.30 bits per heavy atom. The SMILES string of the molecule is CC(=O)OC(C)On1on1N1CCC(C(=O)NS(=O)(=O)c2ccc(-n3nc(C(F)(F)F)cc3-c3ccc(C)cc3)cc2)CC1. The number of alkyl halides is 3. The molecule has 0 spiro atoms. The number of ether oxygens (including phenoxy) is 1. The fraction of sp³-hybridized carbons (Fsp3) is 0.370. The number of piperidine rings is 1. The Labute approximate surface area is 249 Å². The number of carbonyl (C=O) groups excluding carboxylic acids is 2. The number of hydrogen-bond acceptors (Lipinski definition) is 9. The first-order chi connectivity index (χ1) is 20.7. The summed E-state index contributed by atoms with van der Waals surface area (Å²) in [5.74, 6) is -1.80. The highest BCUT2D eigenvalue weighted by atomic mass is 32.2. The maximum Gasteiger partial charge on any atom is 0.435 e. The van der Waals surface area contributed by atoms with E-state index in [1.807, 2.05) is 6.92 Å². The minimum absolute atomic E-state index is 0.175. The van der Waals surface area contributed by atoms with Crippen LogP contribution in [0.15, 0.2) is 64.1 Å². The fourth-order valence-corrected chi connectivity index (χ4v) is 5.67. The van der Waals surface area contributed by atoms with Gasteiger partial charge in [-0.25, -0.2) is 17.8 Å². The summed E-state index contributed by atoms with van der Waals surface area (Å²) in [5.41, 5.74) is 0.706. The number of hydrogen-bond donors (Lipinski definition) is 1. The molecule has 3 heterocycles. The van der Waals surface area contributed by atoms with Crippen molar-refractivity contribution >= 4 is 21.9 Å². The topological polar surface area (TPSA) is 143 Å². The molecule has 1 aliphatic rings. The van der Waals surface area contributed by atoms with E-state index < -0.39 is 46.0 Å². The second-order valence-electron chi connectivity index (χ2n) is 10.2. The van der Waals surface area contributed by atoms with Crippen LogP contribution in [0.1, 0.15) is 37.9 Å². The molecule has 4 aromatic rings. The third-order valence-electron chi connectivity index (χ3n) is 6.89. The van der Waals surface area contributed by atoms with Crippen LogP contribution in [-0.4, -0.2) is 59.4 Å². The lowest BCUT2D eigenvalue weighted by Crippen LogP contribution is -2.45. The van der Waals surface area contributed by atoms with Crippen molar-refractivity contribution in [2.75, 3.05) is 18.1 Å². The van der Waals surface area contributed by atoms with Gasteiger partial charge in [0.2, 0.25) is 5.91 Å². The number of esters is 1. The van der Waals surface area contributed by atoms with E-state index in [0.717, 1.165) is 21.3 Å². The van der Waals surface area contributed by atoms with Crippen molar-refractivity contribution in [1.29, 1.82) is 0 Å². The lowest BCUT2D eigenvalue weighted by atomic mass is 9.97. The molecule has 1 N–H and O–H groups in total. The van der Waals surface area contributed by atoms with Gasteiger partial charge in [-0.1, -0.05) is 29.8 Å². The van der Waals surface area contributed by atoms with Crippen LogP contribution >= 0.6 is 0 Å². The van der Waals surface area contributed by atoms with E-state index in [4.69, 9.17) is 14.2 Å². The number of amides is 1. The van der Waals surface area contributed by atoms with E-state index in [-0.39, 0.29) is 16.3 Å². The standard InChI is InChI=1S/C27H29F3N6O7S/c1-17-4-6-20(7-5-17)24-16-25(27(28,29)30)31-34(24)22-8-10-23(11-9-22)44(39,40)32-26(38)21-12-14-33(15-13-21)35-36(43-35)42-19(3)41-18(2)37/h4-11,16,19,21H,12-15H2,1-3H3,(H,32,38). The van der Waals surface area contributed by atoms with Gasteiger partial charge in [-0.3, -0.25) is 14.6 Å². The van der Waals surface area contributed by atoms with Crippen LogP contribution in [0.4, 0.5) is 13.2 Å². The summed E-state index contributed by atoms with van der Waals surface area (Å²) in [5, 5.41) is 6.47. The van der Waals surface area contributed by atoms with Crippen LogP contribution < -0.4 is 14.6 Å². The maximum atomic E-state index is 13.5. The van der Waals surface area contributed by atoms with E-state index in [1.54, 1.807) is 29.3 Å². The van der Waals surface area contributed by atoms with E-state index >= 15 is 0 Å². The van der Waals surface area contributed by atoms with E-state index in [2.05, 4.69) is 9.82 Å². The highest BCUT2D eigenvalue weighted by Crippen LogP contribution is 2.33. The summed E-state index contributed by atoms with van der Waals surface area (Å²) in [6, 6.07) is 12.8. The number of aryl methyl sites for hydroxylation is 1. The van der Waals surface area contributed by atoms with Gasteiger partial charge < -0.3 is 9.57 Å². The normalized spacial score (nSPS) is 15.3. The Bertz CT molecular complexity index is 1730. The molecule has 0 saturated carbocycles. The monoisotopic (exact) mass is 638 g/mol. The molecule has 17 heteroatoms. The highest BCUT2D eigenvalue weighted by molar-refractivity contribution is 7.90. The van der Waals surface area contributed by atoms with Gasteiger partial charge in [0, 0.05) is 43.4 Å². The van der Waals surface area contributed by atoms with Crippen LogP contribution in [0.2, 0.25) is 0 Å². The van der Waals surface area contributed by atoms with Gasteiger partial charge in [0.15, 0.2) is 5.69 Å². The number of aromatic nitrogens is 4. The average Bonchev–Trinajstić information content (AvgIpc) is 3.56. The molecule has 0 radical (unpaired) electrons. The lowest BCUT2D eigenvalue weighted by Gasteiger charge is -2.28. The Hall–Kier alpha value is -4.67. The molecular formula is C27H29F3N6O7S. The molecule has 5 rings (SSSR count). The molecule has 1 saturated heterocycles. The first-order valence-electron chi connectivity index (χ1n) is 13.5. The van der Waals surface area contributed by atoms with Gasteiger partial charge in [-0.2, -0.15) is 22.9 Å². The predicted molar refractivity (Wildman–Crippen MR) is 147 cm³/mol. The van der Waals surface area contributed by atoms with Gasteiger partial charge in [0.05, 0.1) is 16.3 Å². The molecule has 236 valence electrons. The third kappa shape index (κ3) is 6.93. The molecule has 1 amide bonds. The van der Waals surface area contributed by atoms with E-state index in [0.29, 0.717) is 31.5 Å². The quantitative estimate of drug-likeness (QED) is 0.216. The molecule has 1 aliphatic heterocycles. The molecule has 0 aliphatic carbocycles. The van der Waals surface area contributed by atoms with Crippen molar-refractivity contribution in [3.8, 4) is 16.9 Å². The summed E-state index contributed by atoms with van der Waals surface area (Å²) >= 11 is 0. The molecule has 1 atom stereocenters. The van der Waals surface area contributed by atoms with Crippen molar-refractivity contribution in [2.45, 2.75) is 51.0 Å². The minimum atomic E-state index is -4.69. The zero-order chi connectivity index (χ0) is 31.8. The van der Waals surface area contributed by atoms with Crippen molar-refractivity contribution in [3.63, 3.8) is 0 Å². The molecule has 1 unspecified atom stereocenters. The van der Waals surface area contributed by atoms with Crippen LogP contribution in [0.5, 0.6) is 0 Å². The second kappa shape index (κ2) is 11.8. The van der Waals surface area contributed by atoms with Crippen LogP contribution in [-0.2, 0) is 30.5 Å². The summed E-state index contributed by atoms with van der Waals surface area (Å²) in [7, 11) is -4.27. The molecule has 0 bridgehead atoms. The molecule has 2 aromatic carbocycles. The van der Waals surface area contributed by atoms with Crippen molar-refractivity contribution in [1.82, 2.24) is 24.5 Å². The number of nitrogens with zero attached hydrogens (tertiary/aromatic N) is 5. The second-order valence-corrected chi connectivity index (χ2v) is 11.9. The minimum Gasteiger partial charge on any atom is -0.423 e. The van der Waals surface area contributed by atoms with Gasteiger partial charge >= 0.3 is 12.1 Å². The summed E-state index contributed by atoms with van der Waals surface area (Å²) in [6.45, 7) is 5.30. The molecular weight excluding hydrogens is 609 g/mol. The largest absolute Gasteiger partial charge is 0.435 e. The third-order valence-corrected chi connectivity index (χ3v) is 8.25. The zero-order valence-corrected chi connectivity index (χ0v) is 24.6. The first-order valence-corrected chi connectivity index (χ1v) is 15.0. The number of carbonyl (C=O) groups is 2. The Morgan fingerprint density at radius 1 is 1.07 bits per heavy atom. The first kappa shape index (κ1) is 30.8. The van der Waals surface area contributed by atoms with Crippen molar-refractivity contribution in [2.24, 2.45) is 5.92 Å². The van der Waals surface area contributed by atoms with Gasteiger partial charge in [-0.05, 0) is 50.1 Å². The fourth-order valence-electron chi connectivity index (χ4n) is 4.63. The number of sulfonamides is 1. The lowest BCUT2D eigenvalue weighted by molar-refractivity contribution is -0.178. The van der Waals surface area contributed by atoms with Gasteiger partial charge in [0.1, 0.15) is 5.02 Å². The number of benzene rings is 2. The predicted octanol–water partition coefficient (Wildman–Crippen LogP) is 3.25. The Balaban J connectivity index is 1.23. The molecule has 1 fully saturated rings. The van der Waals surface area contributed by atoms with Crippen molar-refractivity contribution < 1.29 is 45.4 Å². The molecule has 2 aromatic heterocycles. The summed E-state index contributed by atoms with van der Waals surface area (Å²) in [6.07, 6.45) is -4.94. The van der Waals surface area contributed by atoms with E-state index in [1.165, 1.54) is 43.1 Å². The Morgan fingerprint density at radius 2 is 1.70 bits per heavy atom. The zero-order valence-electron chi connectivity index (χ0n) is 23.8. The van der Waals surface area contributed by atoms with Crippen LogP contribution in [0.25, 0.3) is 16.9 Å².